The molecule has 0 saturated heterocycles. The van der Waals surface area contributed by atoms with Gasteiger partial charge in [-0.15, -0.1) is 0 Å². The fourth-order valence-corrected chi connectivity index (χ4v) is 2.40. The minimum Gasteiger partial charge on any atom is -0.465 e. The van der Waals surface area contributed by atoms with E-state index < -0.39 is 5.54 Å². The number of unbranched alkanes of at least 4 members (excludes halogenated alkanes) is 1. The molecule has 2 unspecified atom stereocenters. The van der Waals surface area contributed by atoms with Gasteiger partial charge < -0.3 is 10.5 Å². The van der Waals surface area contributed by atoms with Crippen molar-refractivity contribution in [2.45, 2.75) is 64.2 Å². The van der Waals surface area contributed by atoms with Crippen LogP contribution in [0.3, 0.4) is 0 Å². The Bertz CT molecular complexity index is 219. The summed E-state index contributed by atoms with van der Waals surface area (Å²) < 4.78 is 4.95. The predicted octanol–water partition coefficient (Wildman–Crippen LogP) is 2.97. The molecule has 0 aromatic heterocycles. The first-order valence-corrected chi connectivity index (χ1v) is 7.56. The number of ether oxygens (including phenoxy) is 1. The Hall–Kier alpha value is -0.220. The molecule has 0 aromatic carbocycles. The average molecular weight is 261 g/mol. The van der Waals surface area contributed by atoms with Gasteiger partial charge in [-0.2, -0.15) is 11.8 Å². The number of rotatable bonds is 9. The van der Waals surface area contributed by atoms with E-state index in [9.17, 15) is 4.79 Å². The van der Waals surface area contributed by atoms with Crippen molar-refractivity contribution in [1.29, 1.82) is 0 Å². The summed E-state index contributed by atoms with van der Waals surface area (Å²) in [5, 5.41) is 0.726. The number of carbonyl (C=O) groups excluding carboxylic acids is 1. The lowest BCUT2D eigenvalue weighted by atomic mass is 9.96. The van der Waals surface area contributed by atoms with Gasteiger partial charge in [0.25, 0.3) is 0 Å². The van der Waals surface area contributed by atoms with Crippen LogP contribution in [0, 0.1) is 0 Å². The fourth-order valence-electron chi connectivity index (χ4n) is 1.39. The van der Waals surface area contributed by atoms with Crippen molar-refractivity contribution >= 4 is 17.7 Å². The van der Waals surface area contributed by atoms with Crippen LogP contribution >= 0.6 is 11.8 Å². The lowest BCUT2D eigenvalue weighted by Gasteiger charge is -2.22. The molecule has 0 amide bonds. The third-order valence-electron chi connectivity index (χ3n) is 2.81. The Morgan fingerprint density at radius 1 is 1.41 bits per heavy atom. The first kappa shape index (κ1) is 16.8. The molecule has 0 radical (unpaired) electrons. The summed E-state index contributed by atoms with van der Waals surface area (Å²) >= 11 is 1.99. The maximum absolute atomic E-state index is 11.5. The molecule has 0 fully saturated rings. The molecule has 3 nitrogen and oxygen atoms in total. The minimum absolute atomic E-state index is 0.283. The quantitative estimate of drug-likeness (QED) is 0.512. The minimum atomic E-state index is -0.822. The molecule has 2 atom stereocenters. The van der Waals surface area contributed by atoms with Crippen LogP contribution in [0.5, 0.6) is 0 Å². The molecular weight excluding hydrogens is 234 g/mol. The van der Waals surface area contributed by atoms with Crippen molar-refractivity contribution in [1.82, 2.24) is 0 Å². The van der Waals surface area contributed by atoms with Crippen LogP contribution in [0.1, 0.15) is 53.4 Å². The van der Waals surface area contributed by atoms with Crippen molar-refractivity contribution in [3.05, 3.63) is 0 Å². The van der Waals surface area contributed by atoms with Gasteiger partial charge in [0, 0.05) is 5.25 Å². The zero-order valence-electron chi connectivity index (χ0n) is 11.6. The molecule has 0 heterocycles. The zero-order valence-corrected chi connectivity index (χ0v) is 12.4. The van der Waals surface area contributed by atoms with E-state index >= 15 is 0 Å². The lowest BCUT2D eigenvalue weighted by molar-refractivity contribution is -0.149. The van der Waals surface area contributed by atoms with E-state index in [0.717, 1.165) is 23.8 Å². The van der Waals surface area contributed by atoms with Crippen LogP contribution < -0.4 is 5.73 Å². The normalized spacial score (nSPS) is 16.3. The molecule has 0 aliphatic rings. The third kappa shape index (κ3) is 7.66. The Balaban J connectivity index is 3.69. The molecule has 0 aromatic rings. The van der Waals surface area contributed by atoms with Crippen molar-refractivity contribution in [2.24, 2.45) is 5.73 Å². The van der Waals surface area contributed by atoms with Crippen LogP contribution in [-0.4, -0.2) is 29.1 Å². The van der Waals surface area contributed by atoms with Crippen molar-refractivity contribution in [3.63, 3.8) is 0 Å². The van der Waals surface area contributed by atoms with Gasteiger partial charge in [0.05, 0.1) is 6.61 Å². The molecule has 0 rings (SSSR count). The van der Waals surface area contributed by atoms with Crippen LogP contribution in [0.25, 0.3) is 0 Å². The molecular formula is C13H27NO2S. The van der Waals surface area contributed by atoms with Gasteiger partial charge >= 0.3 is 5.97 Å². The summed E-state index contributed by atoms with van der Waals surface area (Å²) in [4.78, 5) is 11.5. The second-order valence-corrected chi connectivity index (χ2v) is 6.23. The van der Waals surface area contributed by atoms with Gasteiger partial charge in [-0.1, -0.05) is 20.3 Å². The van der Waals surface area contributed by atoms with Crippen LogP contribution in [0.15, 0.2) is 0 Å². The SMILES string of the molecule is CCOC(=O)C(C)(N)CCCCSC(C)CC. The number of hydrogen-bond acceptors (Lipinski definition) is 4. The summed E-state index contributed by atoms with van der Waals surface area (Å²) in [6.45, 7) is 8.41. The summed E-state index contributed by atoms with van der Waals surface area (Å²) in [5.41, 5.74) is 5.11. The van der Waals surface area contributed by atoms with E-state index in [-0.39, 0.29) is 5.97 Å². The summed E-state index contributed by atoms with van der Waals surface area (Å²) in [6, 6.07) is 0. The van der Waals surface area contributed by atoms with E-state index in [2.05, 4.69) is 13.8 Å². The standard InChI is InChI=1S/C13H27NO2S/c1-5-11(3)17-10-8-7-9-13(4,14)12(15)16-6-2/h11H,5-10,14H2,1-4H3. The molecule has 0 bridgehead atoms. The van der Waals surface area contributed by atoms with E-state index in [0.29, 0.717) is 13.0 Å². The van der Waals surface area contributed by atoms with Gasteiger partial charge in [-0.3, -0.25) is 4.79 Å². The first-order chi connectivity index (χ1) is 7.94. The summed E-state index contributed by atoms with van der Waals surface area (Å²) in [6.07, 6.45) is 4.01. The Morgan fingerprint density at radius 3 is 2.59 bits per heavy atom. The fraction of sp³-hybridized carbons (Fsp3) is 0.923. The van der Waals surface area contributed by atoms with E-state index in [1.54, 1.807) is 13.8 Å². The first-order valence-electron chi connectivity index (χ1n) is 6.51. The topological polar surface area (TPSA) is 52.3 Å². The number of carbonyl (C=O) groups is 1. The summed E-state index contributed by atoms with van der Waals surface area (Å²) in [5.74, 6) is 0.864. The van der Waals surface area contributed by atoms with E-state index in [4.69, 9.17) is 10.5 Å². The van der Waals surface area contributed by atoms with E-state index in [1.165, 1.54) is 6.42 Å². The smallest absolute Gasteiger partial charge is 0.325 e. The van der Waals surface area contributed by atoms with Crippen LogP contribution in [0.2, 0.25) is 0 Å². The lowest BCUT2D eigenvalue weighted by Crippen LogP contribution is -2.46. The van der Waals surface area contributed by atoms with Crippen molar-refractivity contribution in [2.75, 3.05) is 12.4 Å². The average Bonchev–Trinajstić information content (AvgIpc) is 2.28. The number of thioether (sulfide) groups is 1. The van der Waals surface area contributed by atoms with Gasteiger partial charge in [-0.25, -0.2) is 0 Å². The highest BCUT2D eigenvalue weighted by Crippen LogP contribution is 2.18. The van der Waals surface area contributed by atoms with Gasteiger partial charge in [0.1, 0.15) is 5.54 Å². The Labute approximate surface area is 110 Å². The Morgan fingerprint density at radius 2 is 2.06 bits per heavy atom. The Kier molecular flexibility index (Phi) is 8.70. The highest BCUT2D eigenvalue weighted by atomic mass is 32.2. The number of nitrogens with two attached hydrogens (primary N) is 1. The van der Waals surface area contributed by atoms with Gasteiger partial charge in [0.2, 0.25) is 0 Å². The van der Waals surface area contributed by atoms with Gasteiger partial charge in [-0.05, 0) is 38.9 Å². The molecule has 0 spiro atoms. The highest BCUT2D eigenvalue weighted by molar-refractivity contribution is 7.99. The molecule has 17 heavy (non-hydrogen) atoms. The molecule has 0 aliphatic carbocycles. The van der Waals surface area contributed by atoms with Crippen LogP contribution in [0.4, 0.5) is 0 Å². The number of esters is 1. The second-order valence-electron chi connectivity index (χ2n) is 4.68. The molecule has 0 aliphatic heterocycles. The third-order valence-corrected chi connectivity index (χ3v) is 4.24. The van der Waals surface area contributed by atoms with Gasteiger partial charge in [0.15, 0.2) is 0 Å². The van der Waals surface area contributed by atoms with Crippen LogP contribution in [-0.2, 0) is 9.53 Å². The summed E-state index contributed by atoms with van der Waals surface area (Å²) in [7, 11) is 0. The zero-order chi connectivity index (χ0) is 13.3. The molecule has 102 valence electrons. The number of hydrogen-bond donors (Lipinski definition) is 1. The maximum Gasteiger partial charge on any atom is 0.325 e. The van der Waals surface area contributed by atoms with E-state index in [1.807, 2.05) is 11.8 Å². The second kappa shape index (κ2) is 8.81. The molecule has 2 N–H and O–H groups in total. The van der Waals surface area contributed by atoms with Crippen molar-refractivity contribution in [3.8, 4) is 0 Å². The monoisotopic (exact) mass is 261 g/mol. The van der Waals surface area contributed by atoms with Crippen molar-refractivity contribution < 1.29 is 9.53 Å². The highest BCUT2D eigenvalue weighted by Gasteiger charge is 2.28. The molecule has 0 saturated carbocycles. The predicted molar refractivity (Wildman–Crippen MR) is 75.3 cm³/mol. The largest absolute Gasteiger partial charge is 0.465 e. The molecule has 4 heteroatoms. The maximum atomic E-state index is 11.5.